The van der Waals surface area contributed by atoms with E-state index in [1.165, 1.54) is 11.8 Å². The Labute approximate surface area is 123 Å². The van der Waals surface area contributed by atoms with E-state index in [0.717, 1.165) is 15.4 Å². The molecule has 0 unspecified atom stereocenters. The number of nitrogens with zero attached hydrogens (tertiary/aromatic N) is 2. The first-order valence-corrected chi connectivity index (χ1v) is 7.45. The maximum Gasteiger partial charge on any atom is 0.234 e. The fourth-order valence-electron chi connectivity index (χ4n) is 1.61. The molecule has 0 aliphatic rings. The van der Waals surface area contributed by atoms with Crippen molar-refractivity contribution in [3.63, 3.8) is 0 Å². The summed E-state index contributed by atoms with van der Waals surface area (Å²) in [5.41, 5.74) is 1.43. The molecule has 0 aliphatic heterocycles. The Hall–Kier alpha value is -1.58. The number of hydrogen-bond acceptors (Lipinski definition) is 4. The van der Waals surface area contributed by atoms with Crippen molar-refractivity contribution in [2.75, 3.05) is 16.8 Å². The third-order valence-electron chi connectivity index (χ3n) is 2.39. The Kier molecular flexibility index (Phi) is 4.77. The van der Waals surface area contributed by atoms with Crippen molar-refractivity contribution < 1.29 is 4.79 Å². The van der Waals surface area contributed by atoms with Gasteiger partial charge in [-0.2, -0.15) is 5.26 Å². The van der Waals surface area contributed by atoms with Crippen molar-refractivity contribution in [2.24, 2.45) is 0 Å². The summed E-state index contributed by atoms with van der Waals surface area (Å²) in [6.45, 7) is 0. The highest BCUT2D eigenvalue weighted by molar-refractivity contribution is 9.10. The Balaban J connectivity index is 2.20. The molecule has 0 saturated heterocycles. The molecule has 1 aromatic heterocycles. The van der Waals surface area contributed by atoms with Crippen LogP contribution in [0.2, 0.25) is 0 Å². The van der Waals surface area contributed by atoms with Crippen LogP contribution in [0.15, 0.2) is 34.9 Å². The number of anilines is 1. The van der Waals surface area contributed by atoms with E-state index < -0.39 is 0 Å². The number of pyridine rings is 1. The van der Waals surface area contributed by atoms with Crippen LogP contribution in [-0.2, 0) is 4.79 Å². The lowest BCUT2D eigenvalue weighted by Crippen LogP contribution is -2.14. The maximum absolute atomic E-state index is 11.7. The van der Waals surface area contributed by atoms with Gasteiger partial charge in [0.05, 0.1) is 28.8 Å². The first-order chi connectivity index (χ1) is 9.22. The highest BCUT2D eigenvalue weighted by Gasteiger charge is 2.08. The lowest BCUT2D eigenvalue weighted by Gasteiger charge is -2.08. The van der Waals surface area contributed by atoms with E-state index >= 15 is 0 Å². The number of nitrogens with one attached hydrogen (secondary N) is 1. The average molecular weight is 336 g/mol. The largest absolute Gasteiger partial charge is 0.323 e. The molecule has 0 atom stereocenters. The number of nitriles is 1. The fourth-order valence-corrected chi connectivity index (χ4v) is 2.52. The number of carbonyl (C=O) groups excluding carboxylic acids is 1. The summed E-state index contributed by atoms with van der Waals surface area (Å²) in [6.07, 6.45) is 1.69. The van der Waals surface area contributed by atoms with Gasteiger partial charge in [-0.3, -0.25) is 9.78 Å². The molecule has 1 heterocycles. The summed E-state index contributed by atoms with van der Waals surface area (Å²) in [7, 11) is 0. The zero-order valence-electron chi connectivity index (χ0n) is 9.89. The average Bonchev–Trinajstić information content (AvgIpc) is 2.43. The Morgan fingerprint density at radius 3 is 3.11 bits per heavy atom. The minimum atomic E-state index is -0.130. The second kappa shape index (κ2) is 6.55. The zero-order valence-corrected chi connectivity index (χ0v) is 12.3. The molecular formula is C13H10BrN3OS. The number of thioether (sulfide) groups is 1. The molecule has 2 aromatic rings. The monoisotopic (exact) mass is 335 g/mol. The summed E-state index contributed by atoms with van der Waals surface area (Å²) in [4.78, 5) is 16.0. The van der Waals surface area contributed by atoms with Crippen LogP contribution in [-0.4, -0.2) is 22.4 Å². The van der Waals surface area contributed by atoms with E-state index in [2.05, 4.69) is 26.2 Å². The number of aromatic nitrogens is 1. The molecule has 0 spiro atoms. The van der Waals surface area contributed by atoms with Crippen LogP contribution < -0.4 is 5.32 Å². The van der Waals surface area contributed by atoms with Crippen LogP contribution in [0.25, 0.3) is 10.9 Å². The Bertz CT molecular complexity index is 654. The number of fused-ring (bicyclic) bond motifs is 1. The van der Waals surface area contributed by atoms with Gasteiger partial charge >= 0.3 is 0 Å². The predicted molar refractivity (Wildman–Crippen MR) is 81.0 cm³/mol. The van der Waals surface area contributed by atoms with Gasteiger partial charge in [-0.05, 0) is 18.2 Å². The third-order valence-corrected chi connectivity index (χ3v) is 3.88. The SMILES string of the molecule is N#CCSCC(=O)Nc1ccc(Br)c2cccnc12. The molecule has 96 valence electrons. The molecule has 0 saturated carbocycles. The van der Waals surface area contributed by atoms with Crippen LogP contribution in [0.5, 0.6) is 0 Å². The molecule has 0 radical (unpaired) electrons. The molecule has 2 rings (SSSR count). The van der Waals surface area contributed by atoms with Crippen LogP contribution in [0.3, 0.4) is 0 Å². The van der Waals surface area contributed by atoms with E-state index in [0.29, 0.717) is 11.4 Å². The number of carbonyl (C=O) groups is 1. The molecule has 0 aliphatic carbocycles. The lowest BCUT2D eigenvalue weighted by atomic mass is 10.2. The first kappa shape index (κ1) is 13.8. The van der Waals surface area contributed by atoms with Gasteiger partial charge in [0, 0.05) is 16.1 Å². The minimum absolute atomic E-state index is 0.130. The molecule has 4 nitrogen and oxygen atoms in total. The molecule has 0 fully saturated rings. The highest BCUT2D eigenvalue weighted by Crippen LogP contribution is 2.28. The van der Waals surface area contributed by atoms with Gasteiger partial charge in [0.15, 0.2) is 0 Å². The molecule has 1 amide bonds. The second-order valence-electron chi connectivity index (χ2n) is 3.69. The molecule has 1 aromatic carbocycles. The number of halogens is 1. The number of rotatable bonds is 4. The molecule has 6 heteroatoms. The maximum atomic E-state index is 11.7. The second-order valence-corrected chi connectivity index (χ2v) is 5.53. The Morgan fingerprint density at radius 1 is 1.47 bits per heavy atom. The van der Waals surface area contributed by atoms with Crippen LogP contribution in [0, 0.1) is 11.3 Å². The van der Waals surface area contributed by atoms with E-state index in [9.17, 15) is 4.79 Å². The quantitative estimate of drug-likeness (QED) is 0.871. The topological polar surface area (TPSA) is 65.8 Å². The van der Waals surface area contributed by atoms with Crippen molar-refractivity contribution in [1.82, 2.24) is 4.98 Å². The summed E-state index contributed by atoms with van der Waals surface area (Å²) in [5.74, 6) is 0.444. The Morgan fingerprint density at radius 2 is 2.32 bits per heavy atom. The first-order valence-electron chi connectivity index (χ1n) is 5.50. The number of amides is 1. The van der Waals surface area contributed by atoms with Crippen molar-refractivity contribution in [1.29, 1.82) is 5.26 Å². The molecular weight excluding hydrogens is 326 g/mol. The van der Waals surface area contributed by atoms with Crippen molar-refractivity contribution in [3.8, 4) is 6.07 Å². The van der Waals surface area contributed by atoms with E-state index in [1.807, 2.05) is 30.3 Å². The van der Waals surface area contributed by atoms with E-state index in [4.69, 9.17) is 5.26 Å². The van der Waals surface area contributed by atoms with E-state index in [-0.39, 0.29) is 11.7 Å². The van der Waals surface area contributed by atoms with Gasteiger partial charge in [-0.15, -0.1) is 11.8 Å². The standard InChI is InChI=1S/C13H10BrN3OS/c14-10-3-4-11(13-9(10)2-1-6-16-13)17-12(18)8-19-7-5-15/h1-4,6H,7-8H2,(H,17,18). The normalized spacial score (nSPS) is 10.1. The van der Waals surface area contributed by atoms with Crippen molar-refractivity contribution >= 4 is 50.2 Å². The molecule has 0 bridgehead atoms. The van der Waals surface area contributed by atoms with Crippen molar-refractivity contribution in [3.05, 3.63) is 34.9 Å². The minimum Gasteiger partial charge on any atom is -0.323 e. The molecule has 1 N–H and O–H groups in total. The lowest BCUT2D eigenvalue weighted by molar-refractivity contribution is -0.113. The van der Waals surface area contributed by atoms with Crippen LogP contribution >= 0.6 is 27.7 Å². The van der Waals surface area contributed by atoms with Crippen molar-refractivity contribution in [2.45, 2.75) is 0 Å². The molecule has 19 heavy (non-hydrogen) atoms. The van der Waals surface area contributed by atoms with Gasteiger partial charge in [0.25, 0.3) is 0 Å². The smallest absolute Gasteiger partial charge is 0.234 e. The van der Waals surface area contributed by atoms with Gasteiger partial charge < -0.3 is 5.32 Å². The van der Waals surface area contributed by atoms with Gasteiger partial charge in [0.1, 0.15) is 0 Å². The predicted octanol–water partition coefficient (Wildman–Crippen LogP) is 3.19. The summed E-state index contributed by atoms with van der Waals surface area (Å²) in [6, 6.07) is 9.46. The summed E-state index contributed by atoms with van der Waals surface area (Å²) in [5, 5.41) is 12.2. The fraction of sp³-hybridized carbons (Fsp3) is 0.154. The van der Waals surface area contributed by atoms with Gasteiger partial charge in [-0.25, -0.2) is 0 Å². The number of benzene rings is 1. The third kappa shape index (κ3) is 3.46. The van der Waals surface area contributed by atoms with E-state index in [1.54, 1.807) is 6.20 Å². The highest BCUT2D eigenvalue weighted by atomic mass is 79.9. The van der Waals surface area contributed by atoms with Crippen LogP contribution in [0.1, 0.15) is 0 Å². The van der Waals surface area contributed by atoms with Crippen LogP contribution in [0.4, 0.5) is 5.69 Å². The zero-order chi connectivity index (χ0) is 13.7. The van der Waals surface area contributed by atoms with Gasteiger partial charge in [0.2, 0.25) is 5.91 Å². The number of hydrogen-bond donors (Lipinski definition) is 1. The summed E-state index contributed by atoms with van der Waals surface area (Å²) >= 11 is 4.74. The summed E-state index contributed by atoms with van der Waals surface area (Å²) < 4.78 is 0.937. The van der Waals surface area contributed by atoms with Gasteiger partial charge in [-0.1, -0.05) is 22.0 Å².